The summed E-state index contributed by atoms with van der Waals surface area (Å²) in [6.07, 6.45) is 4.89. The molecule has 34 heavy (non-hydrogen) atoms. The number of rotatable bonds is 7. The Labute approximate surface area is 205 Å². The molecule has 0 aromatic heterocycles. The van der Waals surface area contributed by atoms with Crippen LogP contribution in [0.4, 0.5) is 14.9 Å². The number of nitrogens with one attached hydrogen (secondary N) is 2. The summed E-state index contributed by atoms with van der Waals surface area (Å²) in [5, 5.41) is 5.89. The summed E-state index contributed by atoms with van der Waals surface area (Å²) in [6, 6.07) is 10.5. The Morgan fingerprint density at radius 3 is 2.68 bits per heavy atom. The summed E-state index contributed by atoms with van der Waals surface area (Å²) in [5.74, 6) is 0.971. The minimum Gasteiger partial charge on any atom is -0.493 e. The van der Waals surface area contributed by atoms with E-state index in [1.165, 1.54) is 23.8 Å². The first-order chi connectivity index (χ1) is 16.4. The fourth-order valence-corrected chi connectivity index (χ4v) is 5.92. The quantitative estimate of drug-likeness (QED) is 0.532. The number of hydrogen-bond donors (Lipinski definition) is 2. The van der Waals surface area contributed by atoms with E-state index in [4.69, 9.17) is 21.1 Å². The Hall–Kier alpha value is -2.51. The SMILES string of the molecule is CCCN1CCC2(c3ccc(OC)c(OC)c3)CCC(NC(=O)Nc3ccc(F)c(Cl)c3)CC12. The molecule has 0 spiro atoms. The number of amides is 2. The third-order valence-electron chi connectivity index (χ3n) is 7.35. The smallest absolute Gasteiger partial charge is 0.319 e. The van der Waals surface area contributed by atoms with Gasteiger partial charge in [-0.3, -0.25) is 4.90 Å². The molecule has 0 radical (unpaired) electrons. The van der Waals surface area contributed by atoms with Crippen molar-refractivity contribution in [2.75, 3.05) is 32.6 Å². The van der Waals surface area contributed by atoms with Gasteiger partial charge in [0.2, 0.25) is 0 Å². The van der Waals surface area contributed by atoms with Gasteiger partial charge in [0.15, 0.2) is 11.5 Å². The van der Waals surface area contributed by atoms with Crippen molar-refractivity contribution >= 4 is 23.3 Å². The van der Waals surface area contributed by atoms with Crippen molar-refractivity contribution < 1.29 is 18.7 Å². The largest absolute Gasteiger partial charge is 0.493 e. The average Bonchev–Trinajstić information content (AvgIpc) is 3.20. The molecule has 1 saturated heterocycles. The molecule has 1 aliphatic carbocycles. The van der Waals surface area contributed by atoms with E-state index in [9.17, 15) is 9.18 Å². The van der Waals surface area contributed by atoms with Gasteiger partial charge in [0, 0.05) is 23.2 Å². The summed E-state index contributed by atoms with van der Waals surface area (Å²) < 4.78 is 24.5. The molecule has 2 amide bonds. The second kappa shape index (κ2) is 10.4. The molecule has 0 bridgehead atoms. The predicted molar refractivity (Wildman–Crippen MR) is 133 cm³/mol. The van der Waals surface area contributed by atoms with Crippen LogP contribution in [-0.2, 0) is 5.41 Å². The first-order valence-electron chi connectivity index (χ1n) is 11.9. The lowest BCUT2D eigenvalue weighted by Gasteiger charge is -2.45. The fourth-order valence-electron chi connectivity index (χ4n) is 5.74. The van der Waals surface area contributed by atoms with Gasteiger partial charge >= 0.3 is 6.03 Å². The topological polar surface area (TPSA) is 62.8 Å². The second-order valence-corrected chi connectivity index (χ2v) is 9.63. The van der Waals surface area contributed by atoms with Crippen LogP contribution in [0, 0.1) is 5.82 Å². The number of carbonyl (C=O) groups excluding carboxylic acids is 1. The van der Waals surface area contributed by atoms with Gasteiger partial charge in [-0.1, -0.05) is 24.6 Å². The number of halogens is 2. The third kappa shape index (κ3) is 4.82. The number of carbonyl (C=O) groups is 1. The Morgan fingerprint density at radius 2 is 1.97 bits per heavy atom. The van der Waals surface area contributed by atoms with Gasteiger partial charge in [-0.05, 0) is 81.1 Å². The van der Waals surface area contributed by atoms with Crippen molar-refractivity contribution in [2.24, 2.45) is 0 Å². The van der Waals surface area contributed by atoms with Crippen molar-refractivity contribution in [3.05, 3.63) is 52.8 Å². The van der Waals surface area contributed by atoms with Gasteiger partial charge in [0.25, 0.3) is 0 Å². The zero-order valence-electron chi connectivity index (χ0n) is 20.0. The maximum absolute atomic E-state index is 13.4. The summed E-state index contributed by atoms with van der Waals surface area (Å²) in [4.78, 5) is 15.2. The van der Waals surface area contributed by atoms with E-state index in [2.05, 4.69) is 34.6 Å². The van der Waals surface area contributed by atoms with E-state index < -0.39 is 5.82 Å². The molecular weight excluding hydrogens is 457 g/mol. The fraction of sp³-hybridized carbons (Fsp3) is 0.500. The maximum atomic E-state index is 13.4. The lowest BCUT2D eigenvalue weighted by atomic mass is 9.65. The second-order valence-electron chi connectivity index (χ2n) is 9.23. The number of anilines is 1. The number of likely N-dealkylation sites (tertiary alicyclic amines) is 1. The number of ether oxygens (including phenoxy) is 2. The van der Waals surface area contributed by atoms with Crippen LogP contribution in [0.25, 0.3) is 0 Å². The van der Waals surface area contributed by atoms with Crippen molar-refractivity contribution in [1.29, 1.82) is 0 Å². The van der Waals surface area contributed by atoms with Crippen LogP contribution in [0.15, 0.2) is 36.4 Å². The van der Waals surface area contributed by atoms with E-state index in [0.29, 0.717) is 11.7 Å². The van der Waals surface area contributed by atoms with E-state index in [-0.39, 0.29) is 22.5 Å². The third-order valence-corrected chi connectivity index (χ3v) is 7.64. The molecule has 6 nitrogen and oxygen atoms in total. The monoisotopic (exact) mass is 489 g/mol. The van der Waals surface area contributed by atoms with Crippen LogP contribution in [0.5, 0.6) is 11.5 Å². The lowest BCUT2D eigenvalue weighted by Crippen LogP contribution is -2.53. The maximum Gasteiger partial charge on any atom is 0.319 e. The molecule has 2 N–H and O–H groups in total. The standard InChI is InChI=1S/C26H33ClFN3O3/c1-4-12-31-13-11-26(17-5-8-22(33-2)23(14-17)34-3)10-9-19(16-24(26)31)30-25(32)29-18-6-7-21(28)20(27)15-18/h5-8,14-15,19,24H,4,9-13,16H2,1-3H3,(H2,29,30,32). The van der Waals surface area contributed by atoms with Gasteiger partial charge in [-0.2, -0.15) is 0 Å². The molecule has 3 unspecified atom stereocenters. The molecule has 2 aromatic rings. The molecule has 8 heteroatoms. The highest BCUT2D eigenvalue weighted by Crippen LogP contribution is 2.50. The Balaban J connectivity index is 1.51. The molecule has 2 aliphatic rings. The van der Waals surface area contributed by atoms with Gasteiger partial charge in [-0.15, -0.1) is 0 Å². The molecule has 1 aliphatic heterocycles. The lowest BCUT2D eigenvalue weighted by molar-refractivity contribution is 0.136. The van der Waals surface area contributed by atoms with Crippen LogP contribution in [0.2, 0.25) is 5.02 Å². The number of urea groups is 1. The minimum absolute atomic E-state index is 0.0173. The molecule has 1 heterocycles. The van der Waals surface area contributed by atoms with Crippen LogP contribution < -0.4 is 20.1 Å². The minimum atomic E-state index is -0.511. The first kappa shape index (κ1) is 24.6. The molecule has 2 fully saturated rings. The predicted octanol–water partition coefficient (Wildman–Crippen LogP) is 5.59. The summed E-state index contributed by atoms with van der Waals surface area (Å²) in [6.45, 7) is 4.28. The Bertz CT molecular complexity index is 1040. The number of hydrogen-bond acceptors (Lipinski definition) is 4. The molecule has 184 valence electrons. The van der Waals surface area contributed by atoms with E-state index in [0.717, 1.165) is 56.7 Å². The zero-order valence-corrected chi connectivity index (χ0v) is 20.8. The molecule has 1 saturated carbocycles. The zero-order chi connectivity index (χ0) is 24.3. The van der Waals surface area contributed by atoms with Crippen molar-refractivity contribution in [1.82, 2.24) is 10.2 Å². The van der Waals surface area contributed by atoms with Crippen molar-refractivity contribution in [3.8, 4) is 11.5 Å². The van der Waals surface area contributed by atoms with Crippen LogP contribution >= 0.6 is 11.6 Å². The number of benzene rings is 2. The Kier molecular flexibility index (Phi) is 7.53. The summed E-state index contributed by atoms with van der Waals surface area (Å²) in [5.41, 5.74) is 1.76. The average molecular weight is 490 g/mol. The number of methoxy groups -OCH3 is 2. The molecular formula is C26H33ClFN3O3. The van der Waals surface area contributed by atoms with Crippen LogP contribution in [0.3, 0.4) is 0 Å². The van der Waals surface area contributed by atoms with Gasteiger partial charge < -0.3 is 20.1 Å². The molecule has 4 rings (SSSR count). The number of fused-ring (bicyclic) bond motifs is 1. The van der Waals surface area contributed by atoms with E-state index >= 15 is 0 Å². The summed E-state index contributed by atoms with van der Waals surface area (Å²) in [7, 11) is 3.32. The van der Waals surface area contributed by atoms with Crippen LogP contribution in [-0.4, -0.2) is 50.3 Å². The first-order valence-corrected chi connectivity index (χ1v) is 12.3. The highest BCUT2D eigenvalue weighted by Gasteiger charge is 2.51. The molecule has 2 aromatic carbocycles. The normalized spacial score (nSPS) is 24.4. The highest BCUT2D eigenvalue weighted by molar-refractivity contribution is 6.31. The van der Waals surface area contributed by atoms with E-state index in [1.54, 1.807) is 14.2 Å². The highest BCUT2D eigenvalue weighted by atomic mass is 35.5. The molecule has 3 atom stereocenters. The summed E-state index contributed by atoms with van der Waals surface area (Å²) >= 11 is 5.84. The van der Waals surface area contributed by atoms with Crippen molar-refractivity contribution in [3.63, 3.8) is 0 Å². The van der Waals surface area contributed by atoms with Crippen LogP contribution in [0.1, 0.15) is 44.6 Å². The number of nitrogens with zero attached hydrogens (tertiary/aromatic N) is 1. The van der Waals surface area contributed by atoms with E-state index in [1.807, 2.05) is 6.07 Å². The van der Waals surface area contributed by atoms with Gasteiger partial charge in [-0.25, -0.2) is 9.18 Å². The Morgan fingerprint density at radius 1 is 1.18 bits per heavy atom. The van der Waals surface area contributed by atoms with Gasteiger partial charge in [0.1, 0.15) is 5.82 Å². The van der Waals surface area contributed by atoms with Crippen molar-refractivity contribution in [2.45, 2.75) is 56.5 Å². The van der Waals surface area contributed by atoms with Gasteiger partial charge in [0.05, 0.1) is 19.2 Å².